The number of hydrogen-bond donors (Lipinski definition) is 0. The van der Waals surface area contributed by atoms with Crippen molar-refractivity contribution in [1.29, 1.82) is 0 Å². The zero-order valence-corrected chi connectivity index (χ0v) is 10.0. The molecule has 2 nitrogen and oxygen atoms in total. The van der Waals surface area contributed by atoms with Gasteiger partial charge in [-0.1, -0.05) is 26.2 Å². The summed E-state index contributed by atoms with van der Waals surface area (Å²) in [5.41, 5.74) is 0. The van der Waals surface area contributed by atoms with Crippen LogP contribution in [0.2, 0.25) is 0 Å². The summed E-state index contributed by atoms with van der Waals surface area (Å²) in [7, 11) is 0. The molecular weight excluding hydrogens is 188 g/mol. The molecule has 1 aliphatic carbocycles. The lowest BCUT2D eigenvalue weighted by Crippen LogP contribution is -2.27. The van der Waals surface area contributed by atoms with Crippen LogP contribution in [0, 0.1) is 12.8 Å². The van der Waals surface area contributed by atoms with E-state index in [-0.39, 0.29) is 0 Å². The van der Waals surface area contributed by atoms with Crippen molar-refractivity contribution < 1.29 is 9.47 Å². The van der Waals surface area contributed by atoms with Crippen LogP contribution >= 0.6 is 0 Å². The summed E-state index contributed by atoms with van der Waals surface area (Å²) in [6, 6.07) is 0. The van der Waals surface area contributed by atoms with Crippen LogP contribution in [0.5, 0.6) is 0 Å². The van der Waals surface area contributed by atoms with Gasteiger partial charge in [-0.25, -0.2) is 0 Å². The summed E-state index contributed by atoms with van der Waals surface area (Å²) in [6.07, 6.45) is 8.07. The molecular formula is C13H25O2. The zero-order valence-electron chi connectivity index (χ0n) is 10.0. The standard InChI is InChI=1S/C13H25O2/c1-3-13(15-11-10-14-4-2)12-8-6-5-7-9-12/h12-13H,1,3-11H2,2H3. The molecule has 0 aromatic heterocycles. The molecule has 1 rings (SSSR count). The van der Waals surface area contributed by atoms with E-state index < -0.39 is 0 Å². The molecule has 1 aliphatic rings. The van der Waals surface area contributed by atoms with Crippen molar-refractivity contribution >= 4 is 0 Å². The Hall–Kier alpha value is -0.0800. The second kappa shape index (κ2) is 8.12. The normalized spacial score (nSPS) is 20.4. The number of ether oxygens (including phenoxy) is 2. The molecule has 0 amide bonds. The topological polar surface area (TPSA) is 18.5 Å². The van der Waals surface area contributed by atoms with Crippen molar-refractivity contribution in [3.05, 3.63) is 6.92 Å². The Morgan fingerprint density at radius 1 is 1.20 bits per heavy atom. The first kappa shape index (κ1) is 13.0. The minimum absolute atomic E-state index is 0.366. The lowest BCUT2D eigenvalue weighted by molar-refractivity contribution is -0.0262. The minimum Gasteiger partial charge on any atom is -0.379 e. The fourth-order valence-corrected chi connectivity index (χ4v) is 2.36. The quantitative estimate of drug-likeness (QED) is 0.605. The second-order valence-corrected chi connectivity index (χ2v) is 4.29. The van der Waals surface area contributed by atoms with E-state index in [2.05, 4.69) is 6.92 Å². The highest BCUT2D eigenvalue weighted by atomic mass is 16.5. The van der Waals surface area contributed by atoms with Crippen LogP contribution in [-0.2, 0) is 9.47 Å². The van der Waals surface area contributed by atoms with Crippen LogP contribution < -0.4 is 0 Å². The number of rotatable bonds is 7. The van der Waals surface area contributed by atoms with Gasteiger partial charge in [0.25, 0.3) is 0 Å². The summed E-state index contributed by atoms with van der Waals surface area (Å²) in [6.45, 7) is 8.24. The van der Waals surface area contributed by atoms with E-state index in [1.54, 1.807) is 0 Å². The Morgan fingerprint density at radius 3 is 2.53 bits per heavy atom. The summed E-state index contributed by atoms with van der Waals surface area (Å²) in [5, 5.41) is 0. The molecule has 0 saturated heterocycles. The Bertz CT molecular complexity index is 141. The van der Waals surface area contributed by atoms with Gasteiger partial charge in [0, 0.05) is 6.61 Å². The second-order valence-electron chi connectivity index (χ2n) is 4.29. The Balaban J connectivity index is 2.15. The highest BCUT2D eigenvalue weighted by Crippen LogP contribution is 2.29. The van der Waals surface area contributed by atoms with Crippen LogP contribution in [0.1, 0.15) is 45.4 Å². The van der Waals surface area contributed by atoms with Gasteiger partial charge in [0.15, 0.2) is 0 Å². The van der Waals surface area contributed by atoms with Gasteiger partial charge in [-0.3, -0.25) is 0 Å². The Kier molecular flexibility index (Phi) is 7.03. The van der Waals surface area contributed by atoms with Gasteiger partial charge in [0.2, 0.25) is 0 Å². The van der Waals surface area contributed by atoms with Gasteiger partial charge in [-0.05, 0) is 32.1 Å². The molecule has 1 saturated carbocycles. The van der Waals surface area contributed by atoms with Crippen molar-refractivity contribution in [2.45, 2.75) is 51.6 Å². The van der Waals surface area contributed by atoms with E-state index in [1.165, 1.54) is 32.1 Å². The molecule has 1 radical (unpaired) electrons. The first-order chi connectivity index (χ1) is 7.38. The number of hydrogen-bond acceptors (Lipinski definition) is 2. The highest BCUT2D eigenvalue weighted by molar-refractivity contribution is 4.75. The third-order valence-electron chi connectivity index (χ3n) is 3.22. The van der Waals surface area contributed by atoms with Gasteiger partial charge in [0.1, 0.15) is 0 Å². The molecule has 2 heteroatoms. The first-order valence-corrected chi connectivity index (χ1v) is 6.37. The summed E-state index contributed by atoms with van der Waals surface area (Å²) >= 11 is 0. The van der Waals surface area contributed by atoms with Gasteiger partial charge >= 0.3 is 0 Å². The molecule has 89 valence electrons. The first-order valence-electron chi connectivity index (χ1n) is 6.37. The smallest absolute Gasteiger partial charge is 0.0704 e. The molecule has 0 spiro atoms. The van der Waals surface area contributed by atoms with E-state index in [0.29, 0.717) is 6.10 Å². The largest absolute Gasteiger partial charge is 0.379 e. The predicted octanol–water partition coefficient (Wildman–Crippen LogP) is 3.21. The fraction of sp³-hybridized carbons (Fsp3) is 0.923. The van der Waals surface area contributed by atoms with Crippen molar-refractivity contribution in [3.63, 3.8) is 0 Å². The van der Waals surface area contributed by atoms with Crippen LogP contribution in [0.15, 0.2) is 0 Å². The SMILES string of the molecule is [CH2]CC(OCCOCC)C1CCCCC1. The van der Waals surface area contributed by atoms with E-state index in [0.717, 1.165) is 32.2 Å². The molecule has 0 bridgehead atoms. The predicted molar refractivity (Wildman–Crippen MR) is 62.8 cm³/mol. The molecule has 1 fully saturated rings. The van der Waals surface area contributed by atoms with E-state index >= 15 is 0 Å². The third kappa shape index (κ3) is 4.98. The van der Waals surface area contributed by atoms with Crippen LogP contribution in [0.25, 0.3) is 0 Å². The van der Waals surface area contributed by atoms with Gasteiger partial charge < -0.3 is 9.47 Å². The van der Waals surface area contributed by atoms with Gasteiger partial charge in [-0.2, -0.15) is 0 Å². The van der Waals surface area contributed by atoms with Crippen molar-refractivity contribution in [2.24, 2.45) is 5.92 Å². The molecule has 1 atom stereocenters. The van der Waals surface area contributed by atoms with Crippen LogP contribution in [-0.4, -0.2) is 25.9 Å². The highest BCUT2D eigenvalue weighted by Gasteiger charge is 2.22. The maximum absolute atomic E-state index is 5.85. The van der Waals surface area contributed by atoms with E-state index in [4.69, 9.17) is 9.47 Å². The zero-order chi connectivity index (χ0) is 10.9. The molecule has 0 aromatic rings. The van der Waals surface area contributed by atoms with Crippen molar-refractivity contribution in [2.75, 3.05) is 19.8 Å². The molecule has 0 N–H and O–H groups in total. The molecule has 15 heavy (non-hydrogen) atoms. The Morgan fingerprint density at radius 2 is 1.93 bits per heavy atom. The monoisotopic (exact) mass is 213 g/mol. The van der Waals surface area contributed by atoms with E-state index in [1.807, 2.05) is 6.92 Å². The van der Waals surface area contributed by atoms with Gasteiger partial charge in [-0.15, -0.1) is 0 Å². The fourth-order valence-electron chi connectivity index (χ4n) is 2.36. The van der Waals surface area contributed by atoms with Gasteiger partial charge in [0.05, 0.1) is 19.3 Å². The molecule has 0 aromatic carbocycles. The van der Waals surface area contributed by atoms with E-state index in [9.17, 15) is 0 Å². The average Bonchev–Trinajstić information content (AvgIpc) is 2.30. The third-order valence-corrected chi connectivity index (χ3v) is 3.22. The van der Waals surface area contributed by atoms with Crippen molar-refractivity contribution in [1.82, 2.24) is 0 Å². The molecule has 0 aliphatic heterocycles. The summed E-state index contributed by atoms with van der Waals surface area (Å²) < 4.78 is 11.1. The summed E-state index contributed by atoms with van der Waals surface area (Å²) in [5.74, 6) is 0.748. The average molecular weight is 213 g/mol. The maximum atomic E-state index is 5.85. The minimum atomic E-state index is 0.366. The van der Waals surface area contributed by atoms with Crippen LogP contribution in [0.3, 0.4) is 0 Å². The molecule has 0 heterocycles. The summed E-state index contributed by atoms with van der Waals surface area (Å²) in [4.78, 5) is 0. The lowest BCUT2D eigenvalue weighted by atomic mass is 9.84. The maximum Gasteiger partial charge on any atom is 0.0704 e. The van der Waals surface area contributed by atoms with Crippen molar-refractivity contribution in [3.8, 4) is 0 Å². The Labute approximate surface area is 94.3 Å². The molecule has 1 unspecified atom stereocenters. The lowest BCUT2D eigenvalue weighted by Gasteiger charge is -2.29. The van der Waals surface area contributed by atoms with Crippen LogP contribution in [0.4, 0.5) is 0 Å².